The second-order valence-corrected chi connectivity index (χ2v) is 6.65. The van der Waals surface area contributed by atoms with Crippen molar-refractivity contribution in [2.24, 2.45) is 0 Å². The van der Waals surface area contributed by atoms with Gasteiger partial charge in [0.15, 0.2) is 5.79 Å². The van der Waals surface area contributed by atoms with Crippen molar-refractivity contribution < 1.29 is 19.1 Å². The van der Waals surface area contributed by atoms with Crippen LogP contribution >= 0.6 is 0 Å². The van der Waals surface area contributed by atoms with Crippen molar-refractivity contribution in [3.05, 3.63) is 36.6 Å². The summed E-state index contributed by atoms with van der Waals surface area (Å²) in [4.78, 5) is 0. The minimum absolute atomic E-state index is 0.439. The molecule has 2 aliphatic rings. The predicted octanol–water partition coefficient (Wildman–Crippen LogP) is 2.80. The van der Waals surface area contributed by atoms with Crippen LogP contribution in [0.4, 0.5) is 5.69 Å². The summed E-state index contributed by atoms with van der Waals surface area (Å²) in [5.41, 5.74) is 2.08. The van der Waals surface area contributed by atoms with Gasteiger partial charge in [-0.2, -0.15) is 0 Å². The van der Waals surface area contributed by atoms with Crippen LogP contribution in [-0.4, -0.2) is 41.4 Å². The Kier molecular flexibility index (Phi) is 4.04. The fraction of sp³-hybridized carbons (Fsp3) is 0.500. The second-order valence-electron chi connectivity index (χ2n) is 6.65. The first-order valence-corrected chi connectivity index (χ1v) is 8.42. The third-order valence-electron chi connectivity index (χ3n) is 5.00. The smallest absolute Gasteiger partial charge is 0.168 e. The molecule has 4 rings (SSSR count). The van der Waals surface area contributed by atoms with E-state index in [-0.39, 0.29) is 0 Å². The number of hydrogen-bond acceptors (Lipinski definition) is 6. The molecule has 24 heavy (non-hydrogen) atoms. The zero-order chi connectivity index (χ0) is 16.5. The molecule has 1 aliphatic heterocycles. The maximum absolute atomic E-state index is 10.8. The van der Waals surface area contributed by atoms with E-state index in [2.05, 4.69) is 10.5 Å². The highest BCUT2D eigenvalue weighted by Crippen LogP contribution is 2.40. The summed E-state index contributed by atoms with van der Waals surface area (Å²) >= 11 is 0. The minimum Gasteiger partial charge on any atom is -0.388 e. The van der Waals surface area contributed by atoms with Crippen LogP contribution in [0.1, 0.15) is 25.7 Å². The molecule has 2 fully saturated rings. The number of nitrogens with zero attached hydrogens (tertiary/aromatic N) is 1. The van der Waals surface area contributed by atoms with E-state index in [4.69, 9.17) is 14.0 Å². The number of aliphatic hydroxyl groups is 1. The molecule has 6 heteroatoms. The van der Waals surface area contributed by atoms with Gasteiger partial charge in [0, 0.05) is 36.7 Å². The molecule has 1 aromatic heterocycles. The SMILES string of the molecule is OC1(CNc2ccc(-c3ccon3)cc2)CCC2(CC1)OCCO2. The van der Waals surface area contributed by atoms with Crippen LogP contribution in [0.5, 0.6) is 0 Å². The van der Waals surface area contributed by atoms with Gasteiger partial charge in [0.1, 0.15) is 12.0 Å². The topological polar surface area (TPSA) is 76.8 Å². The molecule has 0 bridgehead atoms. The molecule has 2 heterocycles. The summed E-state index contributed by atoms with van der Waals surface area (Å²) in [5.74, 6) is -0.439. The first-order chi connectivity index (χ1) is 11.7. The highest BCUT2D eigenvalue weighted by molar-refractivity contribution is 5.61. The van der Waals surface area contributed by atoms with Crippen LogP contribution in [0.15, 0.2) is 41.1 Å². The van der Waals surface area contributed by atoms with Crippen LogP contribution in [0.3, 0.4) is 0 Å². The van der Waals surface area contributed by atoms with Gasteiger partial charge in [-0.15, -0.1) is 0 Å². The Hall–Kier alpha value is -1.89. The van der Waals surface area contributed by atoms with E-state index >= 15 is 0 Å². The molecule has 2 N–H and O–H groups in total. The fourth-order valence-corrected chi connectivity index (χ4v) is 3.45. The van der Waals surface area contributed by atoms with E-state index in [1.807, 2.05) is 30.3 Å². The summed E-state index contributed by atoms with van der Waals surface area (Å²) in [6.45, 7) is 1.84. The highest BCUT2D eigenvalue weighted by atomic mass is 16.7. The van der Waals surface area contributed by atoms with Gasteiger partial charge in [0.05, 0.1) is 18.8 Å². The monoisotopic (exact) mass is 330 g/mol. The minimum atomic E-state index is -0.717. The van der Waals surface area contributed by atoms with Crippen LogP contribution in [-0.2, 0) is 9.47 Å². The molecule has 6 nitrogen and oxygen atoms in total. The molecule has 0 radical (unpaired) electrons. The van der Waals surface area contributed by atoms with Crippen molar-refractivity contribution in [2.75, 3.05) is 25.1 Å². The normalized spacial score (nSPS) is 21.9. The van der Waals surface area contributed by atoms with E-state index in [9.17, 15) is 5.11 Å². The predicted molar refractivity (Wildman–Crippen MR) is 88.5 cm³/mol. The summed E-state index contributed by atoms with van der Waals surface area (Å²) in [5, 5.41) is 18.0. The summed E-state index contributed by atoms with van der Waals surface area (Å²) in [6.07, 6.45) is 4.41. The molecular formula is C18H22N2O4. The Bertz CT molecular complexity index is 653. The second kappa shape index (κ2) is 6.20. The van der Waals surface area contributed by atoms with Gasteiger partial charge in [-0.25, -0.2) is 0 Å². The van der Waals surface area contributed by atoms with Gasteiger partial charge in [-0.3, -0.25) is 0 Å². The zero-order valence-corrected chi connectivity index (χ0v) is 13.5. The summed E-state index contributed by atoms with van der Waals surface area (Å²) < 4.78 is 16.3. The van der Waals surface area contributed by atoms with Gasteiger partial charge in [0.2, 0.25) is 0 Å². The van der Waals surface area contributed by atoms with Crippen molar-refractivity contribution in [1.82, 2.24) is 5.16 Å². The summed E-state index contributed by atoms with van der Waals surface area (Å²) in [6, 6.07) is 9.78. The third-order valence-corrected chi connectivity index (χ3v) is 5.00. The third kappa shape index (κ3) is 3.17. The van der Waals surface area contributed by atoms with E-state index in [1.54, 1.807) is 6.26 Å². The van der Waals surface area contributed by atoms with Crippen molar-refractivity contribution in [1.29, 1.82) is 0 Å². The van der Waals surface area contributed by atoms with Crippen molar-refractivity contribution in [2.45, 2.75) is 37.1 Å². The first kappa shape index (κ1) is 15.6. The summed E-state index contributed by atoms with van der Waals surface area (Å²) in [7, 11) is 0. The van der Waals surface area contributed by atoms with Gasteiger partial charge >= 0.3 is 0 Å². The molecule has 128 valence electrons. The standard InChI is InChI=1S/C18H22N2O4/c21-17(6-8-18(9-7-17)22-11-12-23-18)13-19-15-3-1-14(2-4-15)16-5-10-24-20-16/h1-5,10,19,21H,6-9,11-13H2. The number of nitrogens with one attached hydrogen (secondary N) is 1. The van der Waals surface area contributed by atoms with Crippen LogP contribution in [0, 0.1) is 0 Å². The van der Waals surface area contributed by atoms with Crippen LogP contribution in [0.2, 0.25) is 0 Å². The lowest BCUT2D eigenvalue weighted by Crippen LogP contribution is -2.47. The van der Waals surface area contributed by atoms with Gasteiger partial charge in [-0.05, 0) is 25.0 Å². The van der Waals surface area contributed by atoms with Crippen molar-refractivity contribution in [3.8, 4) is 11.3 Å². The molecule has 0 unspecified atom stereocenters. The molecule has 0 atom stereocenters. The quantitative estimate of drug-likeness (QED) is 0.898. The zero-order valence-electron chi connectivity index (χ0n) is 13.5. The number of aromatic nitrogens is 1. The van der Waals surface area contributed by atoms with E-state index in [0.717, 1.165) is 29.8 Å². The Labute approximate surface area is 140 Å². The fourth-order valence-electron chi connectivity index (χ4n) is 3.45. The van der Waals surface area contributed by atoms with Crippen molar-refractivity contribution in [3.63, 3.8) is 0 Å². The molecule has 1 aliphatic carbocycles. The number of ether oxygens (including phenoxy) is 2. The molecule has 2 aromatic rings. The Morgan fingerprint density at radius 1 is 1.00 bits per heavy atom. The average Bonchev–Trinajstić information content (AvgIpc) is 3.30. The molecule has 1 saturated carbocycles. The average molecular weight is 330 g/mol. The number of hydrogen-bond donors (Lipinski definition) is 2. The molecule has 0 amide bonds. The molecule has 1 saturated heterocycles. The maximum atomic E-state index is 10.8. The lowest BCUT2D eigenvalue weighted by molar-refractivity contribution is -0.200. The number of anilines is 1. The lowest BCUT2D eigenvalue weighted by Gasteiger charge is -2.40. The Morgan fingerprint density at radius 3 is 2.33 bits per heavy atom. The Morgan fingerprint density at radius 2 is 1.71 bits per heavy atom. The highest BCUT2D eigenvalue weighted by Gasteiger charge is 2.45. The van der Waals surface area contributed by atoms with E-state index in [1.165, 1.54) is 0 Å². The molecular weight excluding hydrogens is 308 g/mol. The van der Waals surface area contributed by atoms with Gasteiger partial charge in [0.25, 0.3) is 0 Å². The van der Waals surface area contributed by atoms with Crippen LogP contribution < -0.4 is 5.32 Å². The van der Waals surface area contributed by atoms with Crippen LogP contribution in [0.25, 0.3) is 11.3 Å². The molecule has 1 spiro atoms. The first-order valence-electron chi connectivity index (χ1n) is 8.42. The molecule has 1 aromatic carbocycles. The van der Waals surface area contributed by atoms with Gasteiger partial charge < -0.3 is 24.4 Å². The maximum Gasteiger partial charge on any atom is 0.168 e. The lowest BCUT2D eigenvalue weighted by atomic mass is 9.81. The van der Waals surface area contributed by atoms with Gasteiger partial charge in [-0.1, -0.05) is 17.3 Å². The number of benzene rings is 1. The van der Waals surface area contributed by atoms with E-state index < -0.39 is 11.4 Å². The largest absolute Gasteiger partial charge is 0.388 e. The Balaban J connectivity index is 1.33. The number of rotatable bonds is 4. The van der Waals surface area contributed by atoms with E-state index in [0.29, 0.717) is 32.6 Å². The van der Waals surface area contributed by atoms with Crippen molar-refractivity contribution >= 4 is 5.69 Å².